The third-order valence-electron chi connectivity index (χ3n) is 3.29. The Balaban J connectivity index is 1.77. The number of pyridine rings is 1. The van der Waals surface area contributed by atoms with Crippen molar-refractivity contribution in [3.05, 3.63) is 23.9 Å². The van der Waals surface area contributed by atoms with Gasteiger partial charge in [0.15, 0.2) is 0 Å². The normalized spacial score (nSPS) is 18.9. The monoisotopic (exact) mass is 308 g/mol. The Morgan fingerprint density at radius 3 is 2.86 bits per heavy atom. The fraction of sp³-hybridized carbons (Fsp3) is 0.625. The third-order valence-corrected chi connectivity index (χ3v) is 4.46. The number of carbonyl (C=O) groups excluding carboxylic acids is 1. The van der Waals surface area contributed by atoms with Gasteiger partial charge in [-0.25, -0.2) is 9.78 Å². The van der Waals surface area contributed by atoms with Crippen LogP contribution in [0.4, 0.5) is 4.79 Å². The number of amides is 1. The van der Waals surface area contributed by atoms with Crippen LogP contribution in [0.3, 0.4) is 0 Å². The summed E-state index contributed by atoms with van der Waals surface area (Å²) in [6, 6.07) is 4.14. The van der Waals surface area contributed by atoms with Crippen LogP contribution in [0.15, 0.2) is 23.4 Å². The van der Waals surface area contributed by atoms with Crippen LogP contribution >= 0.6 is 11.8 Å². The van der Waals surface area contributed by atoms with Gasteiger partial charge in [-0.05, 0) is 51.7 Å². The van der Waals surface area contributed by atoms with Crippen LogP contribution in [0.5, 0.6) is 0 Å². The summed E-state index contributed by atoms with van der Waals surface area (Å²) in [6.45, 7) is 9.32. The molecule has 0 N–H and O–H groups in total. The third kappa shape index (κ3) is 5.23. The molecule has 1 aromatic rings. The lowest BCUT2D eigenvalue weighted by Crippen LogP contribution is -2.35. The average Bonchev–Trinajstić information content (AvgIpc) is 2.85. The zero-order valence-electron chi connectivity index (χ0n) is 13.3. The quantitative estimate of drug-likeness (QED) is 0.798. The number of hydrogen-bond acceptors (Lipinski definition) is 4. The topological polar surface area (TPSA) is 42.4 Å². The van der Waals surface area contributed by atoms with E-state index in [-0.39, 0.29) is 6.09 Å². The molecule has 1 aliphatic rings. The van der Waals surface area contributed by atoms with Crippen LogP contribution in [0.25, 0.3) is 0 Å². The number of rotatable bonds is 3. The number of hydrogen-bond donors (Lipinski definition) is 0. The minimum Gasteiger partial charge on any atom is -0.444 e. The smallest absolute Gasteiger partial charge is 0.410 e. The number of nitrogens with zero attached hydrogens (tertiary/aromatic N) is 2. The average molecular weight is 308 g/mol. The zero-order valence-corrected chi connectivity index (χ0v) is 14.1. The highest BCUT2D eigenvalue weighted by Gasteiger charge is 2.29. The molecule has 0 unspecified atom stereocenters. The van der Waals surface area contributed by atoms with E-state index in [9.17, 15) is 4.79 Å². The molecule has 0 bridgehead atoms. The molecule has 5 heteroatoms. The van der Waals surface area contributed by atoms with Gasteiger partial charge >= 0.3 is 6.09 Å². The standard InChI is InChI=1S/C16H24N2O2S/c1-12-5-6-14(17-9-12)21-11-13-7-8-18(10-13)15(19)20-16(2,3)4/h5-6,9,13H,7-8,10-11H2,1-4H3/t13-/m0/s1. The molecule has 4 nitrogen and oxygen atoms in total. The molecule has 2 rings (SSSR count). The fourth-order valence-corrected chi connectivity index (χ4v) is 3.17. The van der Waals surface area contributed by atoms with Crippen molar-refractivity contribution in [2.24, 2.45) is 5.92 Å². The van der Waals surface area contributed by atoms with Crippen molar-refractivity contribution < 1.29 is 9.53 Å². The predicted octanol–water partition coefficient (Wildman–Crippen LogP) is 3.74. The highest BCUT2D eigenvalue weighted by molar-refractivity contribution is 7.99. The maximum absolute atomic E-state index is 12.0. The first-order valence-corrected chi connectivity index (χ1v) is 8.35. The van der Waals surface area contributed by atoms with Crippen molar-refractivity contribution in [3.8, 4) is 0 Å². The second-order valence-electron chi connectivity index (χ2n) is 6.57. The van der Waals surface area contributed by atoms with Gasteiger partial charge in [0.05, 0.1) is 5.03 Å². The molecule has 0 aliphatic carbocycles. The number of carbonyl (C=O) groups is 1. The Morgan fingerprint density at radius 1 is 1.48 bits per heavy atom. The molecular formula is C16H24N2O2S. The SMILES string of the molecule is Cc1ccc(SC[C@H]2CCN(C(=O)OC(C)(C)C)C2)nc1. The molecule has 1 aromatic heterocycles. The van der Waals surface area contributed by atoms with E-state index in [4.69, 9.17) is 4.74 Å². The van der Waals surface area contributed by atoms with E-state index < -0.39 is 5.60 Å². The molecule has 2 heterocycles. The summed E-state index contributed by atoms with van der Waals surface area (Å²) in [5.74, 6) is 1.51. The largest absolute Gasteiger partial charge is 0.444 e. The number of likely N-dealkylation sites (tertiary alicyclic amines) is 1. The lowest BCUT2D eigenvalue weighted by Gasteiger charge is -2.24. The molecule has 21 heavy (non-hydrogen) atoms. The molecule has 0 saturated carbocycles. The van der Waals surface area contributed by atoms with Gasteiger partial charge < -0.3 is 9.64 Å². The summed E-state index contributed by atoms with van der Waals surface area (Å²) in [5.41, 5.74) is 0.756. The second kappa shape index (κ2) is 6.69. The maximum atomic E-state index is 12.0. The van der Waals surface area contributed by atoms with Crippen molar-refractivity contribution in [3.63, 3.8) is 0 Å². The summed E-state index contributed by atoms with van der Waals surface area (Å²) in [7, 11) is 0. The van der Waals surface area contributed by atoms with Crippen LogP contribution in [0.1, 0.15) is 32.8 Å². The summed E-state index contributed by atoms with van der Waals surface area (Å²) in [5, 5.41) is 1.05. The number of thioether (sulfide) groups is 1. The van der Waals surface area contributed by atoms with Crippen LogP contribution in [-0.4, -0.2) is 40.4 Å². The van der Waals surface area contributed by atoms with Crippen LogP contribution in [0.2, 0.25) is 0 Å². The van der Waals surface area contributed by atoms with Crippen molar-refractivity contribution >= 4 is 17.9 Å². The molecule has 1 aliphatic heterocycles. The van der Waals surface area contributed by atoms with Crippen LogP contribution in [0, 0.1) is 12.8 Å². The van der Waals surface area contributed by atoms with Gasteiger partial charge in [0, 0.05) is 25.0 Å². The molecule has 116 valence electrons. The highest BCUT2D eigenvalue weighted by atomic mass is 32.2. The van der Waals surface area contributed by atoms with Gasteiger partial charge in [0.2, 0.25) is 0 Å². The van der Waals surface area contributed by atoms with Gasteiger partial charge in [0.1, 0.15) is 5.60 Å². The Kier molecular flexibility index (Phi) is 5.14. The predicted molar refractivity (Wildman–Crippen MR) is 85.6 cm³/mol. The highest BCUT2D eigenvalue weighted by Crippen LogP contribution is 2.26. The summed E-state index contributed by atoms with van der Waals surface area (Å²) in [4.78, 5) is 18.2. The molecular weight excluding hydrogens is 284 g/mol. The molecule has 0 radical (unpaired) electrons. The van der Waals surface area contributed by atoms with E-state index in [1.807, 2.05) is 38.8 Å². The van der Waals surface area contributed by atoms with Gasteiger partial charge in [-0.15, -0.1) is 11.8 Å². The van der Waals surface area contributed by atoms with Gasteiger partial charge in [-0.2, -0.15) is 0 Å². The maximum Gasteiger partial charge on any atom is 0.410 e. The number of aryl methyl sites for hydroxylation is 1. The molecule has 1 fully saturated rings. The van der Waals surface area contributed by atoms with Gasteiger partial charge in [0.25, 0.3) is 0 Å². The van der Waals surface area contributed by atoms with Crippen molar-refractivity contribution in [1.82, 2.24) is 9.88 Å². The van der Waals surface area contributed by atoms with Crippen molar-refractivity contribution in [2.75, 3.05) is 18.8 Å². The first-order chi connectivity index (χ1) is 9.83. The number of ether oxygens (including phenoxy) is 1. The molecule has 1 amide bonds. The Morgan fingerprint density at radius 2 is 2.24 bits per heavy atom. The van der Waals surface area contributed by atoms with Crippen LogP contribution < -0.4 is 0 Å². The summed E-state index contributed by atoms with van der Waals surface area (Å²) < 4.78 is 5.41. The first-order valence-electron chi connectivity index (χ1n) is 7.37. The summed E-state index contributed by atoms with van der Waals surface area (Å²) >= 11 is 1.76. The van der Waals surface area contributed by atoms with E-state index in [2.05, 4.69) is 17.1 Å². The second-order valence-corrected chi connectivity index (χ2v) is 7.61. The molecule has 0 aromatic carbocycles. The minimum atomic E-state index is -0.421. The van der Waals surface area contributed by atoms with E-state index in [0.717, 1.165) is 30.3 Å². The lowest BCUT2D eigenvalue weighted by atomic mass is 10.2. The van der Waals surface area contributed by atoms with E-state index in [1.54, 1.807) is 11.8 Å². The Hall–Kier alpha value is -1.23. The Labute approximate surface area is 131 Å². The van der Waals surface area contributed by atoms with Crippen LogP contribution in [-0.2, 0) is 4.74 Å². The van der Waals surface area contributed by atoms with E-state index in [0.29, 0.717) is 5.92 Å². The molecule has 0 spiro atoms. The molecule has 1 saturated heterocycles. The lowest BCUT2D eigenvalue weighted by molar-refractivity contribution is 0.0289. The van der Waals surface area contributed by atoms with Crippen molar-refractivity contribution in [1.29, 1.82) is 0 Å². The van der Waals surface area contributed by atoms with Gasteiger partial charge in [-0.1, -0.05) is 6.07 Å². The fourth-order valence-electron chi connectivity index (χ4n) is 2.20. The molecule has 1 atom stereocenters. The summed E-state index contributed by atoms with van der Waals surface area (Å²) in [6.07, 6.45) is 2.74. The van der Waals surface area contributed by atoms with Gasteiger partial charge in [-0.3, -0.25) is 0 Å². The van der Waals surface area contributed by atoms with E-state index in [1.165, 1.54) is 5.56 Å². The Bertz CT molecular complexity index is 482. The first kappa shape index (κ1) is 16.1. The number of aromatic nitrogens is 1. The zero-order chi connectivity index (χ0) is 15.5. The van der Waals surface area contributed by atoms with Crippen molar-refractivity contribution in [2.45, 2.75) is 44.7 Å². The minimum absolute atomic E-state index is 0.191. The van der Waals surface area contributed by atoms with E-state index >= 15 is 0 Å².